The van der Waals surface area contributed by atoms with Crippen molar-refractivity contribution in [3.05, 3.63) is 18.2 Å². The molecule has 0 N–H and O–H groups in total. The lowest BCUT2D eigenvalue weighted by Gasteiger charge is -2.19. The number of nitrogens with zero attached hydrogens (tertiary/aromatic N) is 2. The van der Waals surface area contributed by atoms with Crippen LogP contribution in [0.15, 0.2) is 12.5 Å². The molecule has 0 amide bonds. The van der Waals surface area contributed by atoms with E-state index < -0.39 is 0 Å². The Morgan fingerprint density at radius 3 is 2.45 bits per heavy atom. The van der Waals surface area contributed by atoms with E-state index >= 15 is 0 Å². The van der Waals surface area contributed by atoms with Crippen molar-refractivity contribution in [1.29, 1.82) is 0 Å². The van der Waals surface area contributed by atoms with Gasteiger partial charge in [-0.3, -0.25) is 0 Å². The Labute approximate surface area is 72.2 Å². The Balaban J connectivity index is 2.89. The number of hydrogen-bond donors (Lipinski definition) is 0. The van der Waals surface area contributed by atoms with Gasteiger partial charge >= 0.3 is 0 Å². The molecule has 0 saturated heterocycles. The summed E-state index contributed by atoms with van der Waals surface area (Å²) >= 11 is 5.61. The fourth-order valence-corrected chi connectivity index (χ4v) is 0.937. The van der Waals surface area contributed by atoms with Crippen molar-refractivity contribution in [2.75, 3.05) is 0 Å². The molecule has 1 aromatic heterocycles. The second kappa shape index (κ2) is 2.86. The molecule has 3 heteroatoms. The van der Waals surface area contributed by atoms with Crippen molar-refractivity contribution in [3.8, 4) is 0 Å². The summed E-state index contributed by atoms with van der Waals surface area (Å²) in [5, 5.41) is 0. The molecule has 0 bridgehead atoms. The first-order valence-corrected chi connectivity index (χ1v) is 4.17. The molecule has 0 fully saturated rings. The third-order valence-electron chi connectivity index (χ3n) is 1.55. The van der Waals surface area contributed by atoms with Gasteiger partial charge in [0.2, 0.25) is 0 Å². The summed E-state index contributed by atoms with van der Waals surface area (Å²) < 4.78 is 2.06. The van der Waals surface area contributed by atoms with E-state index in [1.807, 2.05) is 12.5 Å². The van der Waals surface area contributed by atoms with E-state index in [2.05, 4.69) is 30.3 Å². The van der Waals surface area contributed by atoms with Gasteiger partial charge in [-0.15, -0.1) is 11.6 Å². The van der Waals surface area contributed by atoms with E-state index in [9.17, 15) is 0 Å². The highest BCUT2D eigenvalue weighted by Gasteiger charge is 2.12. The maximum atomic E-state index is 5.61. The number of rotatable bonds is 1. The van der Waals surface area contributed by atoms with Crippen LogP contribution in [0.4, 0.5) is 0 Å². The van der Waals surface area contributed by atoms with Gasteiger partial charge in [-0.25, -0.2) is 4.98 Å². The van der Waals surface area contributed by atoms with Crippen LogP contribution in [0.2, 0.25) is 0 Å². The Kier molecular flexibility index (Phi) is 2.23. The second-order valence-corrected chi connectivity index (χ2v) is 3.84. The van der Waals surface area contributed by atoms with Crippen LogP contribution in [0.5, 0.6) is 0 Å². The molecule has 0 aromatic carbocycles. The zero-order chi connectivity index (χ0) is 8.48. The molecule has 62 valence electrons. The minimum atomic E-state index is 0.108. The topological polar surface area (TPSA) is 17.8 Å². The van der Waals surface area contributed by atoms with Gasteiger partial charge in [0.15, 0.2) is 0 Å². The van der Waals surface area contributed by atoms with Gasteiger partial charge in [0.05, 0.1) is 17.9 Å². The van der Waals surface area contributed by atoms with Crippen LogP contribution in [-0.4, -0.2) is 9.55 Å². The fraction of sp³-hybridized carbons (Fsp3) is 0.625. The van der Waals surface area contributed by atoms with Crippen molar-refractivity contribution in [2.45, 2.75) is 32.2 Å². The first-order valence-electron chi connectivity index (χ1n) is 3.63. The third-order valence-corrected chi connectivity index (χ3v) is 1.82. The Morgan fingerprint density at radius 2 is 2.18 bits per heavy atom. The number of hydrogen-bond acceptors (Lipinski definition) is 1. The molecular weight excluding hydrogens is 160 g/mol. The summed E-state index contributed by atoms with van der Waals surface area (Å²) in [5.41, 5.74) is 1.04. The molecule has 0 aliphatic heterocycles. The first kappa shape index (κ1) is 8.60. The van der Waals surface area contributed by atoms with Crippen LogP contribution < -0.4 is 0 Å². The highest BCUT2D eigenvalue weighted by atomic mass is 35.5. The van der Waals surface area contributed by atoms with Gasteiger partial charge < -0.3 is 4.57 Å². The number of halogens is 1. The molecule has 1 rings (SSSR count). The van der Waals surface area contributed by atoms with Crippen LogP contribution >= 0.6 is 11.6 Å². The Hall–Kier alpha value is -0.500. The molecule has 0 aliphatic carbocycles. The second-order valence-electron chi connectivity index (χ2n) is 3.58. The Morgan fingerprint density at radius 1 is 1.55 bits per heavy atom. The van der Waals surface area contributed by atoms with Crippen molar-refractivity contribution in [2.24, 2.45) is 0 Å². The van der Waals surface area contributed by atoms with E-state index in [4.69, 9.17) is 11.6 Å². The van der Waals surface area contributed by atoms with Gasteiger partial charge in [0, 0.05) is 11.7 Å². The number of alkyl halides is 1. The van der Waals surface area contributed by atoms with Crippen LogP contribution in [0.25, 0.3) is 0 Å². The molecule has 0 saturated carbocycles. The van der Waals surface area contributed by atoms with Crippen molar-refractivity contribution in [3.63, 3.8) is 0 Å². The predicted molar refractivity (Wildman–Crippen MR) is 46.8 cm³/mol. The Bertz CT molecular complexity index is 234. The zero-order valence-electron chi connectivity index (χ0n) is 7.13. The van der Waals surface area contributed by atoms with Crippen LogP contribution in [0, 0.1) is 0 Å². The fourth-order valence-electron chi connectivity index (χ4n) is 0.799. The average Bonchev–Trinajstić information content (AvgIpc) is 2.32. The van der Waals surface area contributed by atoms with E-state index in [1.165, 1.54) is 0 Å². The smallest absolute Gasteiger partial charge is 0.0954 e. The summed E-state index contributed by atoms with van der Waals surface area (Å²) in [6.45, 7) is 6.39. The summed E-state index contributed by atoms with van der Waals surface area (Å²) in [4.78, 5) is 4.13. The van der Waals surface area contributed by atoms with Gasteiger partial charge in [-0.05, 0) is 20.8 Å². The van der Waals surface area contributed by atoms with Gasteiger partial charge in [0.25, 0.3) is 0 Å². The van der Waals surface area contributed by atoms with E-state index in [0.29, 0.717) is 5.88 Å². The minimum Gasteiger partial charge on any atom is -0.332 e. The molecule has 1 aromatic rings. The lowest BCUT2D eigenvalue weighted by molar-refractivity contribution is 0.396. The van der Waals surface area contributed by atoms with Gasteiger partial charge in [0.1, 0.15) is 0 Å². The highest BCUT2D eigenvalue weighted by Crippen LogP contribution is 2.14. The maximum Gasteiger partial charge on any atom is 0.0954 e. The van der Waals surface area contributed by atoms with Crippen molar-refractivity contribution < 1.29 is 0 Å². The molecular formula is C8H13ClN2. The van der Waals surface area contributed by atoms with Crippen LogP contribution in [0.3, 0.4) is 0 Å². The molecule has 0 unspecified atom stereocenters. The summed E-state index contributed by atoms with van der Waals surface area (Å²) in [6, 6.07) is 0. The van der Waals surface area contributed by atoms with E-state index in [0.717, 1.165) is 5.69 Å². The molecule has 2 nitrogen and oxygen atoms in total. The summed E-state index contributed by atoms with van der Waals surface area (Å²) in [5.74, 6) is 0.489. The number of imidazole rings is 1. The maximum absolute atomic E-state index is 5.61. The van der Waals surface area contributed by atoms with Crippen molar-refractivity contribution in [1.82, 2.24) is 9.55 Å². The molecule has 11 heavy (non-hydrogen) atoms. The van der Waals surface area contributed by atoms with Crippen LogP contribution in [0.1, 0.15) is 26.5 Å². The molecule has 1 heterocycles. The zero-order valence-corrected chi connectivity index (χ0v) is 7.89. The van der Waals surface area contributed by atoms with Crippen molar-refractivity contribution >= 4 is 11.6 Å². The predicted octanol–water partition coefficient (Wildman–Crippen LogP) is 2.38. The minimum absolute atomic E-state index is 0.108. The quantitative estimate of drug-likeness (QED) is 0.595. The first-order chi connectivity index (χ1) is 5.04. The summed E-state index contributed by atoms with van der Waals surface area (Å²) in [6.07, 6.45) is 3.80. The largest absolute Gasteiger partial charge is 0.332 e. The highest BCUT2D eigenvalue weighted by molar-refractivity contribution is 6.16. The molecule has 0 spiro atoms. The van der Waals surface area contributed by atoms with Gasteiger partial charge in [-0.2, -0.15) is 0 Å². The van der Waals surface area contributed by atoms with Gasteiger partial charge in [-0.1, -0.05) is 0 Å². The lowest BCUT2D eigenvalue weighted by atomic mass is 10.1. The molecule has 0 atom stereocenters. The van der Waals surface area contributed by atoms with Crippen LogP contribution in [-0.2, 0) is 11.4 Å². The van der Waals surface area contributed by atoms with E-state index in [1.54, 1.807) is 0 Å². The third kappa shape index (κ3) is 1.96. The standard InChI is InChI=1S/C8H13ClN2/c1-8(2,3)11-5-7(4-9)10-6-11/h5-6H,4H2,1-3H3. The SMILES string of the molecule is CC(C)(C)n1cnc(CCl)c1. The lowest BCUT2D eigenvalue weighted by Crippen LogP contribution is -2.19. The molecule has 0 radical (unpaired) electrons. The monoisotopic (exact) mass is 172 g/mol. The summed E-state index contributed by atoms with van der Waals surface area (Å²) in [7, 11) is 0. The molecule has 0 aliphatic rings. The average molecular weight is 173 g/mol. The van der Waals surface area contributed by atoms with E-state index in [-0.39, 0.29) is 5.54 Å². The normalized spacial score (nSPS) is 12.0. The number of aromatic nitrogens is 2.